The molecule has 1 atom stereocenters. The van der Waals surface area contributed by atoms with Crippen LogP contribution in [0.5, 0.6) is 5.75 Å². The van der Waals surface area contributed by atoms with Gasteiger partial charge in [0, 0.05) is 3.57 Å². The second kappa shape index (κ2) is 5.30. The maximum atomic E-state index is 10.6. The number of carbonyl (C=O) groups is 1. The molecule has 0 aliphatic heterocycles. The first-order valence-electron chi connectivity index (χ1n) is 4.07. The average Bonchev–Trinajstić information content (AvgIpc) is 2.13. The zero-order valence-corrected chi connectivity index (χ0v) is 11.9. The summed E-state index contributed by atoms with van der Waals surface area (Å²) in [7, 11) is 0. The average molecular weight is 433 g/mol. The Bertz CT molecular complexity index is 395. The van der Waals surface area contributed by atoms with Crippen molar-refractivity contribution in [1.29, 1.82) is 0 Å². The van der Waals surface area contributed by atoms with Crippen LogP contribution in [-0.2, 0) is 11.2 Å². The van der Waals surface area contributed by atoms with Crippen molar-refractivity contribution < 1.29 is 15.0 Å². The van der Waals surface area contributed by atoms with Crippen molar-refractivity contribution >= 4 is 51.2 Å². The number of hydrogen-bond donors (Lipinski definition) is 3. The first kappa shape index (κ1) is 13.0. The predicted octanol–water partition coefficient (Wildman–Crippen LogP) is 1.56. The molecule has 1 aromatic carbocycles. The number of aliphatic carboxylic acids is 1. The molecule has 0 aliphatic carbocycles. The smallest absolute Gasteiger partial charge is 0.320 e. The lowest BCUT2D eigenvalue weighted by Crippen LogP contribution is -2.32. The van der Waals surface area contributed by atoms with E-state index >= 15 is 0 Å². The Morgan fingerprint density at radius 1 is 1.40 bits per heavy atom. The number of rotatable bonds is 3. The Morgan fingerprint density at radius 3 is 2.53 bits per heavy atom. The molecule has 1 rings (SSSR count). The number of phenols is 1. The van der Waals surface area contributed by atoms with E-state index in [0.29, 0.717) is 3.57 Å². The summed E-state index contributed by atoms with van der Waals surface area (Å²) in [4.78, 5) is 10.6. The van der Waals surface area contributed by atoms with Gasteiger partial charge in [0.1, 0.15) is 11.8 Å². The minimum absolute atomic E-state index is 0.202. The summed E-state index contributed by atoms with van der Waals surface area (Å²) >= 11 is 4.04. The van der Waals surface area contributed by atoms with Gasteiger partial charge in [-0.3, -0.25) is 4.79 Å². The highest BCUT2D eigenvalue weighted by Crippen LogP contribution is 2.25. The highest BCUT2D eigenvalue weighted by molar-refractivity contribution is 14.1. The lowest BCUT2D eigenvalue weighted by atomic mass is 10.1. The molecule has 0 saturated carbocycles. The van der Waals surface area contributed by atoms with Gasteiger partial charge >= 0.3 is 5.97 Å². The molecule has 4 nitrogen and oxygen atoms in total. The van der Waals surface area contributed by atoms with E-state index in [0.717, 1.165) is 9.13 Å². The first-order chi connectivity index (χ1) is 6.91. The molecule has 6 heteroatoms. The minimum Gasteiger partial charge on any atom is -0.507 e. The van der Waals surface area contributed by atoms with Crippen LogP contribution in [0.15, 0.2) is 12.1 Å². The number of halogens is 2. The number of phenolic OH excluding ortho intramolecular Hbond substituents is 1. The summed E-state index contributed by atoms with van der Waals surface area (Å²) in [6, 6.07) is 2.45. The summed E-state index contributed by atoms with van der Waals surface area (Å²) in [6.45, 7) is 0. The fraction of sp³-hybridized carbons (Fsp3) is 0.222. The lowest BCUT2D eigenvalue weighted by molar-refractivity contribution is -0.138. The zero-order chi connectivity index (χ0) is 11.6. The Morgan fingerprint density at radius 2 is 2.00 bits per heavy atom. The Labute approximate surface area is 114 Å². The molecule has 0 spiro atoms. The van der Waals surface area contributed by atoms with Gasteiger partial charge in [-0.05, 0) is 69.3 Å². The van der Waals surface area contributed by atoms with Gasteiger partial charge in [0.05, 0.1) is 3.57 Å². The molecule has 82 valence electrons. The first-order valence-corrected chi connectivity index (χ1v) is 6.23. The highest BCUT2D eigenvalue weighted by Gasteiger charge is 2.15. The molecule has 0 heterocycles. The van der Waals surface area contributed by atoms with Gasteiger partial charge < -0.3 is 15.9 Å². The molecule has 0 aromatic heterocycles. The second-order valence-electron chi connectivity index (χ2n) is 3.04. The monoisotopic (exact) mass is 433 g/mol. The van der Waals surface area contributed by atoms with E-state index in [2.05, 4.69) is 0 Å². The van der Waals surface area contributed by atoms with Gasteiger partial charge in [-0.25, -0.2) is 0 Å². The zero-order valence-electron chi connectivity index (χ0n) is 7.58. The van der Waals surface area contributed by atoms with E-state index in [1.807, 2.05) is 45.2 Å². The standard InChI is InChI=1S/C9H9I2NO3/c10-5-3-8(13)6(11)1-4(5)2-7(12)9(14)15/h1,3,7,13H,2,12H2,(H,14,15)/t7-/m0/s1. The molecule has 4 N–H and O–H groups in total. The number of nitrogens with two attached hydrogens (primary N) is 1. The van der Waals surface area contributed by atoms with E-state index in [9.17, 15) is 9.90 Å². The molecule has 0 amide bonds. The van der Waals surface area contributed by atoms with E-state index in [4.69, 9.17) is 10.8 Å². The quantitative estimate of drug-likeness (QED) is 0.633. The third-order valence-electron chi connectivity index (χ3n) is 1.87. The van der Waals surface area contributed by atoms with Crippen LogP contribution in [0.1, 0.15) is 5.56 Å². The van der Waals surface area contributed by atoms with Crippen LogP contribution in [0.3, 0.4) is 0 Å². The van der Waals surface area contributed by atoms with Gasteiger partial charge in [-0.2, -0.15) is 0 Å². The number of hydrogen-bond acceptors (Lipinski definition) is 3. The second-order valence-corrected chi connectivity index (χ2v) is 5.37. The fourth-order valence-corrected chi connectivity index (χ4v) is 2.26. The summed E-state index contributed by atoms with van der Waals surface area (Å²) in [5.41, 5.74) is 6.28. The van der Waals surface area contributed by atoms with E-state index < -0.39 is 12.0 Å². The van der Waals surface area contributed by atoms with Crippen molar-refractivity contribution in [2.45, 2.75) is 12.5 Å². The summed E-state index contributed by atoms with van der Waals surface area (Å²) in [6.07, 6.45) is 0.268. The summed E-state index contributed by atoms with van der Waals surface area (Å²) in [5.74, 6) is -0.818. The van der Waals surface area contributed by atoms with Crippen molar-refractivity contribution in [2.24, 2.45) is 5.73 Å². The van der Waals surface area contributed by atoms with Crippen LogP contribution >= 0.6 is 45.2 Å². The molecule has 1 aromatic rings. The van der Waals surface area contributed by atoms with Gasteiger partial charge in [0.25, 0.3) is 0 Å². The summed E-state index contributed by atoms with van der Waals surface area (Å²) in [5, 5.41) is 18.1. The van der Waals surface area contributed by atoms with Crippen LogP contribution in [0, 0.1) is 7.14 Å². The van der Waals surface area contributed by atoms with Crippen LogP contribution in [0.25, 0.3) is 0 Å². The summed E-state index contributed by atoms with van der Waals surface area (Å²) < 4.78 is 1.52. The van der Waals surface area contributed by atoms with Crippen LogP contribution < -0.4 is 5.73 Å². The molecule has 0 aliphatic rings. The SMILES string of the molecule is N[C@@H](Cc1cc(I)c(O)cc1I)C(=O)O. The topological polar surface area (TPSA) is 83.5 Å². The van der Waals surface area contributed by atoms with Crippen molar-refractivity contribution in [1.82, 2.24) is 0 Å². The van der Waals surface area contributed by atoms with Crippen molar-refractivity contribution in [2.75, 3.05) is 0 Å². The number of benzene rings is 1. The molecule has 0 fully saturated rings. The van der Waals surface area contributed by atoms with Crippen molar-refractivity contribution in [3.63, 3.8) is 0 Å². The molecule has 0 saturated heterocycles. The van der Waals surface area contributed by atoms with E-state index in [1.54, 1.807) is 12.1 Å². The highest BCUT2D eigenvalue weighted by atomic mass is 127. The maximum absolute atomic E-state index is 10.6. The van der Waals surface area contributed by atoms with Crippen molar-refractivity contribution in [3.8, 4) is 5.75 Å². The fourth-order valence-electron chi connectivity index (χ4n) is 1.06. The molecule has 0 unspecified atom stereocenters. The Balaban J connectivity index is 2.95. The van der Waals surface area contributed by atoms with Gasteiger partial charge in [0.2, 0.25) is 0 Å². The number of aromatic hydroxyl groups is 1. The molecule has 0 bridgehead atoms. The number of carboxylic acid groups (broad SMARTS) is 1. The van der Waals surface area contributed by atoms with Crippen molar-refractivity contribution in [3.05, 3.63) is 24.8 Å². The van der Waals surface area contributed by atoms with Crippen LogP contribution in [0.4, 0.5) is 0 Å². The third-order valence-corrected chi connectivity index (χ3v) is 3.74. The van der Waals surface area contributed by atoms with Gasteiger partial charge in [-0.15, -0.1) is 0 Å². The molecular weight excluding hydrogens is 424 g/mol. The van der Waals surface area contributed by atoms with E-state index in [1.165, 1.54) is 0 Å². The largest absolute Gasteiger partial charge is 0.507 e. The Hall–Kier alpha value is -0.0900. The molecule has 15 heavy (non-hydrogen) atoms. The number of carboxylic acids is 1. The third kappa shape index (κ3) is 3.45. The van der Waals surface area contributed by atoms with Crippen LogP contribution in [-0.4, -0.2) is 22.2 Å². The minimum atomic E-state index is -1.02. The predicted molar refractivity (Wildman–Crippen MR) is 72.9 cm³/mol. The van der Waals surface area contributed by atoms with E-state index in [-0.39, 0.29) is 12.2 Å². The van der Waals surface area contributed by atoms with Crippen LogP contribution in [0.2, 0.25) is 0 Å². The normalized spacial score (nSPS) is 12.5. The molecular formula is C9H9I2NO3. The maximum Gasteiger partial charge on any atom is 0.320 e. The van der Waals surface area contributed by atoms with Gasteiger partial charge in [-0.1, -0.05) is 0 Å². The van der Waals surface area contributed by atoms with Gasteiger partial charge in [0.15, 0.2) is 0 Å². The lowest BCUT2D eigenvalue weighted by Gasteiger charge is -2.09. The molecule has 0 radical (unpaired) electrons. The Kier molecular flexibility index (Phi) is 4.59.